The van der Waals surface area contributed by atoms with Crippen LogP contribution in [-0.4, -0.2) is 48.9 Å². The van der Waals surface area contributed by atoms with Crippen molar-refractivity contribution in [1.82, 2.24) is 4.90 Å². The van der Waals surface area contributed by atoms with Crippen molar-refractivity contribution in [2.24, 2.45) is 0 Å². The Bertz CT molecular complexity index is 967. The van der Waals surface area contributed by atoms with Gasteiger partial charge >= 0.3 is 6.18 Å². The van der Waals surface area contributed by atoms with Gasteiger partial charge in [-0.2, -0.15) is 13.2 Å². The number of fused-ring (bicyclic) bond motifs is 2. The Morgan fingerprint density at radius 1 is 1.26 bits per heavy atom. The van der Waals surface area contributed by atoms with Crippen molar-refractivity contribution >= 4 is 17.5 Å². The van der Waals surface area contributed by atoms with Crippen LogP contribution in [0.15, 0.2) is 36.4 Å². The fourth-order valence-electron chi connectivity index (χ4n) is 3.86. The third-order valence-corrected chi connectivity index (χ3v) is 5.83. The molecule has 2 aromatic rings. The van der Waals surface area contributed by atoms with Gasteiger partial charge < -0.3 is 19.1 Å². The average Bonchev–Trinajstić information content (AvgIpc) is 3.09. The van der Waals surface area contributed by atoms with E-state index < -0.39 is 18.7 Å². The lowest BCUT2D eigenvalue weighted by Gasteiger charge is -2.22. The lowest BCUT2D eigenvalue weighted by atomic mass is 10.1. The summed E-state index contributed by atoms with van der Waals surface area (Å²) in [4.78, 5) is 14.9. The van der Waals surface area contributed by atoms with E-state index >= 15 is 0 Å². The lowest BCUT2D eigenvalue weighted by molar-refractivity contribution is -0.153. The van der Waals surface area contributed by atoms with E-state index in [9.17, 15) is 18.0 Å². The van der Waals surface area contributed by atoms with Gasteiger partial charge in [0.05, 0.1) is 23.8 Å². The van der Waals surface area contributed by atoms with Crippen LogP contribution in [0.4, 0.5) is 13.2 Å². The first kappa shape index (κ1) is 21.8. The fraction of sp³-hybridized carbons (Fsp3) is 0.409. The Morgan fingerprint density at radius 3 is 2.71 bits per heavy atom. The van der Waals surface area contributed by atoms with Crippen molar-refractivity contribution in [3.05, 3.63) is 58.1 Å². The van der Waals surface area contributed by atoms with Crippen LogP contribution < -0.4 is 9.47 Å². The minimum Gasteiger partial charge on any atom is -0.490 e. The number of halogens is 4. The summed E-state index contributed by atoms with van der Waals surface area (Å²) in [6.07, 6.45) is -4.21. The van der Waals surface area contributed by atoms with Crippen LogP contribution in [0.25, 0.3) is 0 Å². The molecule has 5 nitrogen and oxygen atoms in total. The van der Waals surface area contributed by atoms with Gasteiger partial charge in [-0.15, -0.1) is 0 Å². The van der Waals surface area contributed by atoms with Crippen LogP contribution in [0, 0.1) is 6.92 Å². The molecule has 4 rings (SSSR count). The van der Waals surface area contributed by atoms with Gasteiger partial charge in [0.2, 0.25) is 0 Å². The smallest absolute Gasteiger partial charge is 0.422 e. The first-order valence-corrected chi connectivity index (χ1v) is 10.2. The van der Waals surface area contributed by atoms with Crippen LogP contribution in [0.3, 0.4) is 0 Å². The van der Waals surface area contributed by atoms with Gasteiger partial charge in [-0.25, -0.2) is 0 Å². The summed E-state index contributed by atoms with van der Waals surface area (Å²) >= 11 is 6.22. The number of amides is 1. The van der Waals surface area contributed by atoms with Gasteiger partial charge in [0.1, 0.15) is 17.9 Å². The van der Waals surface area contributed by atoms with Crippen molar-refractivity contribution < 1.29 is 32.2 Å². The number of aryl methyl sites for hydroxylation is 1. The Balaban J connectivity index is 1.55. The molecule has 0 unspecified atom stereocenters. The molecule has 0 spiro atoms. The van der Waals surface area contributed by atoms with E-state index in [2.05, 4.69) is 0 Å². The van der Waals surface area contributed by atoms with E-state index in [1.54, 1.807) is 17.9 Å². The highest BCUT2D eigenvalue weighted by atomic mass is 35.5. The van der Waals surface area contributed by atoms with Gasteiger partial charge in [-0.1, -0.05) is 41.9 Å². The first-order valence-electron chi connectivity index (χ1n) is 9.85. The van der Waals surface area contributed by atoms with Crippen molar-refractivity contribution in [3.8, 4) is 11.5 Å². The molecular weight excluding hydrogens is 435 g/mol. The molecule has 1 fully saturated rings. The van der Waals surface area contributed by atoms with E-state index in [-0.39, 0.29) is 40.8 Å². The predicted octanol–water partition coefficient (Wildman–Crippen LogP) is 4.78. The number of rotatable bonds is 5. The van der Waals surface area contributed by atoms with Crippen LogP contribution in [0.5, 0.6) is 11.5 Å². The largest absolute Gasteiger partial charge is 0.490 e. The molecule has 0 aromatic heterocycles. The van der Waals surface area contributed by atoms with Crippen molar-refractivity contribution in [2.45, 2.75) is 38.3 Å². The van der Waals surface area contributed by atoms with Crippen LogP contribution in [0.2, 0.25) is 5.02 Å². The minimum absolute atomic E-state index is 0.0329. The maximum atomic E-state index is 13.3. The van der Waals surface area contributed by atoms with Crippen LogP contribution >= 0.6 is 11.6 Å². The van der Waals surface area contributed by atoms with Gasteiger partial charge in [0.25, 0.3) is 5.91 Å². The summed E-state index contributed by atoms with van der Waals surface area (Å²) in [6.45, 7) is 0.994. The summed E-state index contributed by atoms with van der Waals surface area (Å²) in [5.41, 5.74) is 1.41. The molecule has 0 aliphatic carbocycles. The number of alkyl halides is 3. The number of hydrogen-bond donors (Lipinski definition) is 0. The highest BCUT2D eigenvalue weighted by Crippen LogP contribution is 2.42. The quantitative estimate of drug-likeness (QED) is 0.651. The van der Waals surface area contributed by atoms with Gasteiger partial charge in [0, 0.05) is 6.54 Å². The number of carbonyl (C=O) groups excluding carboxylic acids is 1. The fourth-order valence-corrected chi connectivity index (χ4v) is 4.06. The summed E-state index contributed by atoms with van der Waals surface area (Å²) in [5.74, 6) is -0.587. The number of benzene rings is 2. The number of carbonyl (C=O) groups is 1. The molecule has 31 heavy (non-hydrogen) atoms. The number of nitrogens with zero attached hydrogens (tertiary/aromatic N) is 1. The van der Waals surface area contributed by atoms with E-state index in [4.69, 9.17) is 25.8 Å². The Labute approximate surface area is 182 Å². The summed E-state index contributed by atoms with van der Waals surface area (Å²) in [6, 6.07) is 11.0. The molecule has 1 amide bonds. The summed E-state index contributed by atoms with van der Waals surface area (Å²) in [5, 5.41) is -0.0329. The molecule has 0 saturated carbocycles. The maximum Gasteiger partial charge on any atom is 0.422 e. The van der Waals surface area contributed by atoms with Crippen LogP contribution in [0.1, 0.15) is 27.9 Å². The van der Waals surface area contributed by atoms with Crippen molar-refractivity contribution in [3.63, 3.8) is 0 Å². The zero-order valence-electron chi connectivity index (χ0n) is 16.7. The second kappa shape index (κ2) is 8.59. The Kier molecular flexibility index (Phi) is 6.03. The van der Waals surface area contributed by atoms with E-state index in [0.29, 0.717) is 25.1 Å². The predicted molar refractivity (Wildman–Crippen MR) is 108 cm³/mol. The summed E-state index contributed by atoms with van der Waals surface area (Å²) in [7, 11) is 0. The molecule has 2 atom stereocenters. The monoisotopic (exact) mass is 455 g/mol. The van der Waals surface area contributed by atoms with E-state index in [1.165, 1.54) is 0 Å². The topological polar surface area (TPSA) is 48.0 Å². The standard InChI is InChI=1S/C22H21ClF3NO4/c1-13-7-17-18(20(19(13)23)31-12-22(24,25)26)21(28)27-9-16(8-15(27)11-30-17)29-10-14-5-3-2-4-6-14/h2-7,15-16H,8-12H2,1H3/t15-,16+/m1/s1. The van der Waals surface area contributed by atoms with E-state index in [0.717, 1.165) is 5.56 Å². The van der Waals surface area contributed by atoms with Gasteiger partial charge in [0.15, 0.2) is 12.4 Å². The summed E-state index contributed by atoms with van der Waals surface area (Å²) < 4.78 is 55.0. The van der Waals surface area contributed by atoms with Crippen LogP contribution in [-0.2, 0) is 11.3 Å². The molecule has 2 aliphatic rings. The minimum atomic E-state index is -4.57. The highest BCUT2D eigenvalue weighted by molar-refractivity contribution is 6.33. The van der Waals surface area contributed by atoms with Gasteiger partial charge in [-0.05, 0) is 30.5 Å². The Morgan fingerprint density at radius 2 is 2.00 bits per heavy atom. The molecule has 0 radical (unpaired) electrons. The molecule has 0 N–H and O–H groups in total. The molecule has 2 heterocycles. The molecular formula is C22H21ClF3NO4. The number of ether oxygens (including phenoxy) is 3. The van der Waals surface area contributed by atoms with Gasteiger partial charge in [-0.3, -0.25) is 4.79 Å². The van der Waals surface area contributed by atoms with Crippen molar-refractivity contribution in [2.75, 3.05) is 19.8 Å². The molecule has 2 aromatic carbocycles. The maximum absolute atomic E-state index is 13.3. The normalized spacial score (nSPS) is 20.7. The first-order chi connectivity index (χ1) is 14.7. The molecule has 0 bridgehead atoms. The zero-order valence-corrected chi connectivity index (χ0v) is 17.5. The SMILES string of the molecule is Cc1cc2c(c(OCC(F)(F)F)c1Cl)C(=O)N1C[C@@H](OCc3ccccc3)C[C@@H]1CO2. The lowest BCUT2D eigenvalue weighted by Crippen LogP contribution is -2.37. The highest BCUT2D eigenvalue weighted by Gasteiger charge is 2.42. The number of hydrogen-bond acceptors (Lipinski definition) is 4. The average molecular weight is 456 g/mol. The third kappa shape index (κ3) is 4.75. The second-order valence-corrected chi connectivity index (χ2v) is 8.07. The molecule has 2 aliphatic heterocycles. The molecule has 166 valence electrons. The van der Waals surface area contributed by atoms with Crippen molar-refractivity contribution in [1.29, 1.82) is 0 Å². The second-order valence-electron chi connectivity index (χ2n) is 7.69. The zero-order chi connectivity index (χ0) is 22.2. The molecule has 1 saturated heterocycles. The molecule has 9 heteroatoms. The third-order valence-electron chi connectivity index (χ3n) is 5.36. The Hall–Kier alpha value is -2.45. The van der Waals surface area contributed by atoms with E-state index in [1.807, 2.05) is 30.3 Å².